The summed E-state index contributed by atoms with van der Waals surface area (Å²) in [5.41, 5.74) is 1.48. The number of fused-ring (bicyclic) bond motifs is 1. The van der Waals surface area contributed by atoms with Crippen LogP contribution in [0.2, 0.25) is 0 Å². The second-order valence-electron chi connectivity index (χ2n) is 4.11. The highest BCUT2D eigenvalue weighted by atomic mass is 16.5. The summed E-state index contributed by atoms with van der Waals surface area (Å²) < 4.78 is 6.71. The average molecular weight is 252 g/mol. The van der Waals surface area contributed by atoms with E-state index in [4.69, 9.17) is 4.74 Å². The van der Waals surface area contributed by atoms with Crippen molar-refractivity contribution >= 4 is 16.9 Å². The molecule has 94 valence electrons. The van der Waals surface area contributed by atoms with Gasteiger partial charge in [0.1, 0.15) is 5.82 Å². The van der Waals surface area contributed by atoms with Gasteiger partial charge in [-0.1, -0.05) is 24.3 Å². The molecule has 0 aliphatic rings. The van der Waals surface area contributed by atoms with E-state index in [2.05, 4.69) is 4.98 Å². The summed E-state index contributed by atoms with van der Waals surface area (Å²) in [5, 5.41) is 0.861. The minimum Gasteiger partial charge on any atom is -0.465 e. The lowest BCUT2D eigenvalue weighted by Crippen LogP contribution is -2.00. The minimum atomic E-state index is -0.342. The van der Waals surface area contributed by atoms with E-state index in [1.165, 1.54) is 7.11 Å². The van der Waals surface area contributed by atoms with E-state index in [9.17, 15) is 4.79 Å². The summed E-state index contributed by atoms with van der Waals surface area (Å²) in [6.45, 7) is 0. The fourth-order valence-corrected chi connectivity index (χ4v) is 2.14. The summed E-state index contributed by atoms with van der Waals surface area (Å²) in [6.07, 6.45) is 3.49. The number of benzene rings is 1. The van der Waals surface area contributed by atoms with Crippen molar-refractivity contribution in [1.82, 2.24) is 9.55 Å². The monoisotopic (exact) mass is 252 g/mol. The van der Waals surface area contributed by atoms with Crippen LogP contribution in [0.1, 0.15) is 10.4 Å². The van der Waals surface area contributed by atoms with Gasteiger partial charge in [0, 0.05) is 17.8 Å². The Labute approximate surface area is 110 Å². The zero-order chi connectivity index (χ0) is 13.2. The molecule has 0 spiro atoms. The minimum absolute atomic E-state index is 0.342. The van der Waals surface area contributed by atoms with Gasteiger partial charge in [0.15, 0.2) is 0 Å². The van der Waals surface area contributed by atoms with E-state index in [1.54, 1.807) is 12.4 Å². The Bertz CT molecular complexity index is 732. The number of para-hydroxylation sites is 1. The van der Waals surface area contributed by atoms with Gasteiger partial charge in [0.25, 0.3) is 0 Å². The molecule has 1 aromatic carbocycles. The molecule has 2 aromatic heterocycles. The zero-order valence-corrected chi connectivity index (χ0v) is 10.4. The first-order valence-corrected chi connectivity index (χ1v) is 5.91. The van der Waals surface area contributed by atoms with Crippen molar-refractivity contribution in [3.8, 4) is 5.82 Å². The molecule has 0 bridgehead atoms. The maximum absolute atomic E-state index is 11.8. The van der Waals surface area contributed by atoms with Crippen molar-refractivity contribution < 1.29 is 9.53 Å². The van der Waals surface area contributed by atoms with Crippen molar-refractivity contribution in [1.29, 1.82) is 0 Å². The smallest absolute Gasteiger partial charge is 0.340 e. The van der Waals surface area contributed by atoms with Crippen LogP contribution in [0.5, 0.6) is 0 Å². The second kappa shape index (κ2) is 4.57. The molecule has 2 heterocycles. The summed E-state index contributed by atoms with van der Waals surface area (Å²) in [5.74, 6) is 0.430. The first kappa shape index (κ1) is 11.5. The highest BCUT2D eigenvalue weighted by molar-refractivity contribution is 6.04. The Hall–Kier alpha value is -2.62. The normalized spacial score (nSPS) is 10.6. The van der Waals surface area contributed by atoms with E-state index >= 15 is 0 Å². The summed E-state index contributed by atoms with van der Waals surface area (Å²) in [4.78, 5) is 16.1. The molecule has 0 aliphatic carbocycles. The third-order valence-electron chi connectivity index (χ3n) is 3.01. The molecule has 0 saturated carbocycles. The van der Waals surface area contributed by atoms with Gasteiger partial charge in [0.05, 0.1) is 18.2 Å². The number of nitrogens with zero attached hydrogens (tertiary/aromatic N) is 2. The highest BCUT2D eigenvalue weighted by Crippen LogP contribution is 2.24. The molecule has 0 atom stereocenters. The first-order valence-electron chi connectivity index (χ1n) is 5.91. The standard InChI is InChI=1S/C15H12N2O2/c1-19-15(18)12-10-17(14-8-4-5-9-16-14)13-7-3-2-6-11(12)13/h2-10H,1H3. The summed E-state index contributed by atoms with van der Waals surface area (Å²) >= 11 is 0. The predicted molar refractivity (Wildman–Crippen MR) is 72.4 cm³/mol. The van der Waals surface area contributed by atoms with Crippen LogP contribution in [-0.2, 0) is 4.74 Å². The Kier molecular flexibility index (Phi) is 2.76. The lowest BCUT2D eigenvalue weighted by molar-refractivity contribution is 0.0603. The van der Waals surface area contributed by atoms with E-state index in [1.807, 2.05) is 47.0 Å². The number of aromatic nitrogens is 2. The van der Waals surface area contributed by atoms with Gasteiger partial charge in [0.2, 0.25) is 0 Å². The maximum atomic E-state index is 11.8. The highest BCUT2D eigenvalue weighted by Gasteiger charge is 2.15. The topological polar surface area (TPSA) is 44.1 Å². The zero-order valence-electron chi connectivity index (χ0n) is 10.4. The molecule has 0 radical (unpaired) electrons. The van der Waals surface area contributed by atoms with Crippen LogP contribution < -0.4 is 0 Å². The molecule has 0 fully saturated rings. The Morgan fingerprint density at radius 3 is 2.68 bits per heavy atom. The van der Waals surface area contributed by atoms with Crippen LogP contribution in [-0.4, -0.2) is 22.6 Å². The number of hydrogen-bond acceptors (Lipinski definition) is 3. The number of hydrogen-bond donors (Lipinski definition) is 0. The van der Waals surface area contributed by atoms with Gasteiger partial charge in [-0.2, -0.15) is 0 Å². The number of ether oxygens (including phenoxy) is 1. The van der Waals surface area contributed by atoms with Crippen molar-refractivity contribution in [3.63, 3.8) is 0 Å². The average Bonchev–Trinajstić information content (AvgIpc) is 2.87. The van der Waals surface area contributed by atoms with Gasteiger partial charge in [-0.15, -0.1) is 0 Å². The fraction of sp³-hybridized carbons (Fsp3) is 0.0667. The van der Waals surface area contributed by atoms with Crippen molar-refractivity contribution in [3.05, 3.63) is 60.4 Å². The van der Waals surface area contributed by atoms with Crippen LogP contribution in [0.15, 0.2) is 54.9 Å². The summed E-state index contributed by atoms with van der Waals surface area (Å²) in [7, 11) is 1.38. The van der Waals surface area contributed by atoms with E-state index in [0.29, 0.717) is 5.56 Å². The van der Waals surface area contributed by atoms with Crippen LogP contribution in [0.4, 0.5) is 0 Å². The molecule has 4 nitrogen and oxygen atoms in total. The largest absolute Gasteiger partial charge is 0.465 e. The fourth-order valence-electron chi connectivity index (χ4n) is 2.14. The number of carbonyl (C=O) groups excluding carboxylic acids is 1. The van der Waals surface area contributed by atoms with Gasteiger partial charge in [-0.3, -0.25) is 0 Å². The molecule has 0 saturated heterocycles. The van der Waals surface area contributed by atoms with Crippen molar-refractivity contribution in [2.45, 2.75) is 0 Å². The molecule has 19 heavy (non-hydrogen) atoms. The third kappa shape index (κ3) is 1.87. The molecule has 0 aliphatic heterocycles. The molecule has 4 heteroatoms. The summed E-state index contributed by atoms with van der Waals surface area (Å²) in [6, 6.07) is 13.4. The maximum Gasteiger partial charge on any atom is 0.340 e. The molecule has 0 N–H and O–H groups in total. The number of methoxy groups -OCH3 is 1. The van der Waals surface area contributed by atoms with Crippen molar-refractivity contribution in [2.24, 2.45) is 0 Å². The Morgan fingerprint density at radius 1 is 1.16 bits per heavy atom. The molecule has 3 aromatic rings. The third-order valence-corrected chi connectivity index (χ3v) is 3.01. The lowest BCUT2D eigenvalue weighted by atomic mass is 10.2. The quantitative estimate of drug-likeness (QED) is 0.659. The van der Waals surface area contributed by atoms with Gasteiger partial charge in [-0.25, -0.2) is 9.78 Å². The number of esters is 1. The van der Waals surface area contributed by atoms with Gasteiger partial charge < -0.3 is 9.30 Å². The Morgan fingerprint density at radius 2 is 1.95 bits per heavy atom. The van der Waals surface area contributed by atoms with Crippen LogP contribution in [0.25, 0.3) is 16.7 Å². The van der Waals surface area contributed by atoms with E-state index in [0.717, 1.165) is 16.7 Å². The number of rotatable bonds is 2. The molecule has 0 amide bonds. The molecular formula is C15H12N2O2. The van der Waals surface area contributed by atoms with Gasteiger partial charge in [-0.05, 0) is 18.2 Å². The predicted octanol–water partition coefficient (Wildman–Crippen LogP) is 2.81. The van der Waals surface area contributed by atoms with Gasteiger partial charge >= 0.3 is 5.97 Å². The second-order valence-corrected chi connectivity index (χ2v) is 4.11. The number of carbonyl (C=O) groups is 1. The van der Waals surface area contributed by atoms with E-state index < -0.39 is 0 Å². The van der Waals surface area contributed by atoms with Crippen molar-refractivity contribution in [2.75, 3.05) is 7.11 Å². The number of pyridine rings is 1. The molecular weight excluding hydrogens is 240 g/mol. The SMILES string of the molecule is COC(=O)c1cn(-c2ccccn2)c2ccccc12. The van der Waals surface area contributed by atoms with Crippen LogP contribution >= 0.6 is 0 Å². The Balaban J connectivity index is 2.29. The van der Waals surface area contributed by atoms with E-state index in [-0.39, 0.29) is 5.97 Å². The van der Waals surface area contributed by atoms with Crippen LogP contribution in [0.3, 0.4) is 0 Å². The molecule has 0 unspecified atom stereocenters. The first-order chi connectivity index (χ1) is 9.31. The molecule has 3 rings (SSSR count). The van der Waals surface area contributed by atoms with Crippen LogP contribution in [0, 0.1) is 0 Å². The lowest BCUT2D eigenvalue weighted by Gasteiger charge is -2.02.